The van der Waals surface area contributed by atoms with Gasteiger partial charge in [-0.05, 0) is 24.6 Å². The molecule has 134 valence electrons. The number of carbonyl (C=O) groups is 3. The summed E-state index contributed by atoms with van der Waals surface area (Å²) < 4.78 is 10.0. The smallest absolute Gasteiger partial charge is 0.338 e. The van der Waals surface area contributed by atoms with Gasteiger partial charge in [-0.15, -0.1) is 0 Å². The molecule has 0 radical (unpaired) electrons. The van der Waals surface area contributed by atoms with Crippen LogP contribution in [-0.4, -0.2) is 53.4 Å². The Labute approximate surface area is 149 Å². The standard InChI is InChI=1S/C17H19NO6S/c1-2-23-16(21)9-15-18(14(20)11-25-15)7-8-24-17(22)13-5-3-12(10-19)4-6-13/h3-6,9,19H,2,7-8,10-11H2,1H3/b15-9-. The molecule has 0 spiro atoms. The van der Waals surface area contributed by atoms with Gasteiger partial charge in [-0.2, -0.15) is 0 Å². The van der Waals surface area contributed by atoms with Gasteiger partial charge in [0.1, 0.15) is 6.61 Å². The first kappa shape index (κ1) is 19.0. The first-order chi connectivity index (χ1) is 12.0. The number of rotatable bonds is 7. The van der Waals surface area contributed by atoms with E-state index >= 15 is 0 Å². The van der Waals surface area contributed by atoms with Crippen LogP contribution in [0.3, 0.4) is 0 Å². The van der Waals surface area contributed by atoms with E-state index in [1.165, 1.54) is 22.7 Å². The van der Waals surface area contributed by atoms with Crippen molar-refractivity contribution >= 4 is 29.6 Å². The maximum atomic E-state index is 12.0. The van der Waals surface area contributed by atoms with Crippen LogP contribution >= 0.6 is 11.8 Å². The van der Waals surface area contributed by atoms with E-state index in [2.05, 4.69) is 0 Å². The van der Waals surface area contributed by atoms with Crippen molar-refractivity contribution in [1.82, 2.24) is 4.90 Å². The first-order valence-corrected chi connectivity index (χ1v) is 8.72. The van der Waals surface area contributed by atoms with E-state index in [0.29, 0.717) is 16.2 Å². The zero-order chi connectivity index (χ0) is 18.2. The highest BCUT2D eigenvalue weighted by Crippen LogP contribution is 2.28. The van der Waals surface area contributed by atoms with Crippen molar-refractivity contribution in [3.63, 3.8) is 0 Å². The van der Waals surface area contributed by atoms with E-state index in [-0.39, 0.29) is 38.0 Å². The summed E-state index contributed by atoms with van der Waals surface area (Å²) in [6.45, 7) is 2.03. The molecular weight excluding hydrogens is 346 g/mol. The fourth-order valence-electron chi connectivity index (χ4n) is 2.11. The molecule has 0 atom stereocenters. The Morgan fingerprint density at radius 2 is 2.00 bits per heavy atom. The van der Waals surface area contributed by atoms with E-state index in [0.717, 1.165) is 0 Å². The molecule has 1 aliphatic rings. The van der Waals surface area contributed by atoms with Crippen molar-refractivity contribution in [3.8, 4) is 0 Å². The number of carbonyl (C=O) groups excluding carboxylic acids is 3. The van der Waals surface area contributed by atoms with Gasteiger partial charge >= 0.3 is 11.9 Å². The van der Waals surface area contributed by atoms with E-state index < -0.39 is 11.9 Å². The Balaban J connectivity index is 1.89. The monoisotopic (exact) mass is 365 g/mol. The molecule has 1 N–H and O–H groups in total. The van der Waals surface area contributed by atoms with Crippen molar-refractivity contribution in [2.75, 3.05) is 25.5 Å². The molecule has 1 fully saturated rings. The third kappa shape index (κ3) is 5.33. The average Bonchev–Trinajstić information content (AvgIpc) is 2.95. The summed E-state index contributed by atoms with van der Waals surface area (Å²) in [5.41, 5.74) is 1.06. The molecule has 0 aromatic heterocycles. The summed E-state index contributed by atoms with van der Waals surface area (Å²) in [7, 11) is 0. The largest absolute Gasteiger partial charge is 0.463 e. The molecule has 0 bridgehead atoms. The van der Waals surface area contributed by atoms with E-state index in [9.17, 15) is 14.4 Å². The molecule has 25 heavy (non-hydrogen) atoms. The third-order valence-corrected chi connectivity index (χ3v) is 4.38. The van der Waals surface area contributed by atoms with Crippen LogP contribution in [0.25, 0.3) is 0 Å². The molecule has 0 aliphatic carbocycles. The Morgan fingerprint density at radius 1 is 1.28 bits per heavy atom. The summed E-state index contributed by atoms with van der Waals surface area (Å²) in [4.78, 5) is 36.8. The fraction of sp³-hybridized carbons (Fsp3) is 0.353. The van der Waals surface area contributed by atoms with Crippen LogP contribution in [0, 0.1) is 0 Å². The fourth-order valence-corrected chi connectivity index (χ4v) is 3.07. The molecule has 1 amide bonds. The van der Waals surface area contributed by atoms with Crippen LogP contribution in [0.15, 0.2) is 35.4 Å². The second kappa shape index (κ2) is 9.24. The zero-order valence-corrected chi connectivity index (χ0v) is 14.6. The van der Waals surface area contributed by atoms with Gasteiger partial charge in [0, 0.05) is 0 Å². The van der Waals surface area contributed by atoms with Gasteiger partial charge in [0.05, 0.1) is 42.2 Å². The van der Waals surface area contributed by atoms with E-state index in [1.807, 2.05) is 0 Å². The van der Waals surface area contributed by atoms with Crippen molar-refractivity contribution < 1.29 is 29.0 Å². The maximum absolute atomic E-state index is 12.0. The quantitative estimate of drug-likeness (QED) is 0.575. The maximum Gasteiger partial charge on any atom is 0.338 e. The number of thioether (sulfide) groups is 1. The minimum Gasteiger partial charge on any atom is -0.463 e. The van der Waals surface area contributed by atoms with Gasteiger partial charge in [0.25, 0.3) is 0 Å². The Morgan fingerprint density at radius 3 is 2.64 bits per heavy atom. The van der Waals surface area contributed by atoms with E-state index in [1.54, 1.807) is 31.2 Å². The summed E-state index contributed by atoms with van der Waals surface area (Å²) in [6.07, 6.45) is 1.27. The number of aliphatic hydroxyl groups is 1. The Hall–Kier alpha value is -2.32. The van der Waals surface area contributed by atoms with Crippen LogP contribution in [0.4, 0.5) is 0 Å². The SMILES string of the molecule is CCOC(=O)/C=C1\SCC(=O)N1CCOC(=O)c1ccc(CO)cc1. The Kier molecular flexibility index (Phi) is 7.03. The number of ether oxygens (including phenoxy) is 2. The molecule has 1 heterocycles. The van der Waals surface area contributed by atoms with Gasteiger partial charge in [-0.3, -0.25) is 4.79 Å². The minimum absolute atomic E-state index is 0.00699. The van der Waals surface area contributed by atoms with Crippen molar-refractivity contribution in [2.45, 2.75) is 13.5 Å². The van der Waals surface area contributed by atoms with Crippen molar-refractivity contribution in [2.24, 2.45) is 0 Å². The third-order valence-electron chi connectivity index (χ3n) is 3.36. The number of benzene rings is 1. The van der Waals surface area contributed by atoms with E-state index in [4.69, 9.17) is 14.6 Å². The highest BCUT2D eigenvalue weighted by Gasteiger charge is 2.27. The number of aliphatic hydroxyl groups excluding tert-OH is 1. The van der Waals surface area contributed by atoms with Crippen molar-refractivity contribution in [1.29, 1.82) is 0 Å². The lowest BCUT2D eigenvalue weighted by Gasteiger charge is -2.16. The summed E-state index contributed by atoms with van der Waals surface area (Å²) in [5.74, 6) is -0.934. The van der Waals surface area contributed by atoms with Gasteiger partial charge in [0.2, 0.25) is 5.91 Å². The molecular formula is C17H19NO6S. The second-order valence-corrected chi connectivity index (χ2v) is 6.06. The number of hydrogen-bond donors (Lipinski definition) is 1. The molecule has 1 aromatic carbocycles. The van der Waals surface area contributed by atoms with Crippen LogP contribution in [0.2, 0.25) is 0 Å². The molecule has 1 aromatic rings. The lowest BCUT2D eigenvalue weighted by Crippen LogP contribution is -2.29. The Bertz CT molecular complexity index is 670. The van der Waals surface area contributed by atoms with Crippen LogP contribution in [0.5, 0.6) is 0 Å². The number of esters is 2. The predicted molar refractivity (Wildman–Crippen MR) is 91.5 cm³/mol. The van der Waals surface area contributed by atoms with Crippen LogP contribution in [0.1, 0.15) is 22.8 Å². The molecule has 2 rings (SSSR count). The minimum atomic E-state index is -0.514. The summed E-state index contributed by atoms with van der Waals surface area (Å²) in [6, 6.07) is 6.41. The predicted octanol–water partition coefficient (Wildman–Crippen LogP) is 1.32. The highest BCUT2D eigenvalue weighted by molar-refractivity contribution is 8.04. The van der Waals surface area contributed by atoms with Gasteiger partial charge in [-0.1, -0.05) is 23.9 Å². The summed E-state index contributed by atoms with van der Waals surface area (Å²) >= 11 is 1.24. The lowest BCUT2D eigenvalue weighted by molar-refractivity contribution is -0.137. The number of amides is 1. The molecule has 8 heteroatoms. The second-order valence-electron chi connectivity index (χ2n) is 5.06. The number of hydrogen-bond acceptors (Lipinski definition) is 7. The molecule has 0 unspecified atom stereocenters. The molecule has 1 saturated heterocycles. The zero-order valence-electron chi connectivity index (χ0n) is 13.8. The van der Waals surface area contributed by atoms with Crippen LogP contribution < -0.4 is 0 Å². The molecule has 7 nitrogen and oxygen atoms in total. The molecule has 0 saturated carbocycles. The average molecular weight is 365 g/mol. The first-order valence-electron chi connectivity index (χ1n) is 7.73. The van der Waals surface area contributed by atoms with Gasteiger partial charge in [0.15, 0.2) is 0 Å². The normalized spacial score (nSPS) is 15.5. The molecule has 1 aliphatic heterocycles. The van der Waals surface area contributed by atoms with Crippen molar-refractivity contribution in [3.05, 3.63) is 46.5 Å². The number of nitrogens with zero attached hydrogens (tertiary/aromatic N) is 1. The summed E-state index contributed by atoms with van der Waals surface area (Å²) in [5, 5.41) is 9.47. The lowest BCUT2D eigenvalue weighted by atomic mass is 10.1. The van der Waals surface area contributed by atoms with Gasteiger partial charge in [-0.25, -0.2) is 9.59 Å². The topological polar surface area (TPSA) is 93.1 Å². The van der Waals surface area contributed by atoms with Crippen LogP contribution in [-0.2, 0) is 25.7 Å². The van der Waals surface area contributed by atoms with Gasteiger partial charge < -0.3 is 19.5 Å². The highest BCUT2D eigenvalue weighted by atomic mass is 32.2.